The van der Waals surface area contributed by atoms with Crippen molar-refractivity contribution in [1.29, 1.82) is 0 Å². The van der Waals surface area contributed by atoms with Crippen LogP contribution in [0.3, 0.4) is 0 Å². The van der Waals surface area contributed by atoms with Crippen molar-refractivity contribution in [2.24, 2.45) is 0 Å². The summed E-state index contributed by atoms with van der Waals surface area (Å²) in [6, 6.07) is 73.1. The predicted molar refractivity (Wildman–Crippen MR) is 232 cm³/mol. The zero-order valence-electron chi connectivity index (χ0n) is 30.4. The van der Waals surface area contributed by atoms with E-state index in [1.165, 1.54) is 33.0 Å². The Morgan fingerprint density at radius 2 is 0.661 bits per heavy atom. The Hall–Kier alpha value is -7.56. The second kappa shape index (κ2) is 13.1. The second-order valence-corrected chi connectivity index (χ2v) is 14.2. The number of benzene rings is 8. The van der Waals surface area contributed by atoms with E-state index in [0.29, 0.717) is 5.95 Å². The lowest BCUT2D eigenvalue weighted by atomic mass is 10.0. The fourth-order valence-corrected chi connectivity index (χ4v) is 8.31. The minimum absolute atomic E-state index is 0.625. The Balaban J connectivity index is 1.20. The van der Waals surface area contributed by atoms with Crippen molar-refractivity contribution in [2.45, 2.75) is 0 Å². The molecular weight excluding hydrogens is 681 g/mol. The Morgan fingerprint density at radius 3 is 1.16 bits per heavy atom. The molecule has 11 aromatic rings. The van der Waals surface area contributed by atoms with Crippen molar-refractivity contribution in [3.63, 3.8) is 0 Å². The van der Waals surface area contributed by atoms with Crippen molar-refractivity contribution < 1.29 is 0 Å². The van der Waals surface area contributed by atoms with Gasteiger partial charge in [-0.2, -0.15) is 0 Å². The normalized spacial score (nSPS) is 11.6. The van der Waals surface area contributed by atoms with Gasteiger partial charge in [-0.1, -0.05) is 176 Å². The molecule has 8 aromatic carbocycles. The molecule has 3 heterocycles. The van der Waals surface area contributed by atoms with Crippen molar-refractivity contribution in [1.82, 2.24) is 19.1 Å². The lowest BCUT2D eigenvalue weighted by Crippen LogP contribution is -2.05. The molecule has 4 nitrogen and oxygen atoms in total. The monoisotopic (exact) mass is 714 g/mol. The number of fused-ring (bicyclic) bond motifs is 7. The Morgan fingerprint density at radius 1 is 0.286 bits per heavy atom. The Labute approximate surface area is 324 Å². The third kappa shape index (κ3) is 5.23. The molecule has 0 saturated heterocycles. The summed E-state index contributed by atoms with van der Waals surface area (Å²) in [5, 5.41) is 4.70. The van der Waals surface area contributed by atoms with E-state index in [9.17, 15) is 0 Å². The molecule has 0 spiro atoms. The number of hydrogen-bond acceptors (Lipinski definition) is 2. The van der Waals surface area contributed by atoms with Gasteiger partial charge in [0.25, 0.3) is 0 Å². The largest absolute Gasteiger partial charge is 0.307 e. The van der Waals surface area contributed by atoms with E-state index in [1.54, 1.807) is 0 Å². The van der Waals surface area contributed by atoms with Gasteiger partial charge in [0.2, 0.25) is 5.95 Å². The summed E-state index contributed by atoms with van der Waals surface area (Å²) in [5.74, 6) is 0.625. The molecule has 0 saturated carbocycles. The zero-order valence-corrected chi connectivity index (χ0v) is 30.4. The summed E-state index contributed by atoms with van der Waals surface area (Å²) in [6.45, 7) is 0. The van der Waals surface area contributed by atoms with Crippen LogP contribution in [-0.4, -0.2) is 19.1 Å². The number of hydrogen-bond donors (Lipinski definition) is 0. The van der Waals surface area contributed by atoms with E-state index in [1.807, 2.05) is 0 Å². The van der Waals surface area contributed by atoms with Gasteiger partial charge < -0.3 is 4.57 Å². The molecule has 262 valence electrons. The molecule has 0 unspecified atom stereocenters. The molecule has 0 aliphatic heterocycles. The highest BCUT2D eigenvalue weighted by molar-refractivity contribution is 6.23. The van der Waals surface area contributed by atoms with Crippen LogP contribution in [0.2, 0.25) is 0 Å². The average molecular weight is 715 g/mol. The molecule has 3 aromatic heterocycles. The van der Waals surface area contributed by atoms with Crippen LogP contribution in [-0.2, 0) is 0 Å². The SMILES string of the molecule is c1ccc(-c2ccc(-c3cc(-c4ccc(-c5ccccc5)cc4)nc(-n4c5ccccc5c5ccc6c7ccccc7n(-c7ccccc7)c6c54)n3)cc2)cc1. The summed E-state index contributed by atoms with van der Waals surface area (Å²) in [5.41, 5.74) is 14.0. The maximum atomic E-state index is 5.45. The number of aromatic nitrogens is 4. The standard InChI is InChI=1S/C52H34N4/c1-4-14-35(15-5-1)37-24-28-39(29-25-37)46-34-47(40-30-26-38(27-31-40)36-16-6-2-7-17-36)54-52(53-46)56-49-23-13-11-21-43(49)45-33-32-44-42-20-10-12-22-48(42)55(50(44)51(45)56)41-18-8-3-9-19-41/h1-34H. The van der Waals surface area contributed by atoms with E-state index in [-0.39, 0.29) is 0 Å². The first-order chi connectivity index (χ1) is 27.8. The van der Waals surface area contributed by atoms with E-state index in [2.05, 4.69) is 215 Å². The molecule has 0 aliphatic rings. The third-order valence-corrected chi connectivity index (χ3v) is 11.0. The second-order valence-electron chi connectivity index (χ2n) is 14.2. The van der Waals surface area contributed by atoms with Gasteiger partial charge in [-0.3, -0.25) is 4.57 Å². The van der Waals surface area contributed by atoms with Gasteiger partial charge in [0.05, 0.1) is 33.5 Å². The molecule has 0 amide bonds. The fraction of sp³-hybridized carbons (Fsp3) is 0. The summed E-state index contributed by atoms with van der Waals surface area (Å²) < 4.78 is 4.69. The number of nitrogens with zero attached hydrogens (tertiary/aromatic N) is 4. The first-order valence-corrected chi connectivity index (χ1v) is 19.0. The van der Waals surface area contributed by atoms with Gasteiger partial charge in [-0.15, -0.1) is 0 Å². The van der Waals surface area contributed by atoms with E-state index in [0.717, 1.165) is 61.0 Å². The highest BCUT2D eigenvalue weighted by Gasteiger charge is 2.23. The summed E-state index contributed by atoms with van der Waals surface area (Å²) >= 11 is 0. The average Bonchev–Trinajstić information content (AvgIpc) is 3.80. The van der Waals surface area contributed by atoms with Gasteiger partial charge in [-0.05, 0) is 52.6 Å². The van der Waals surface area contributed by atoms with Gasteiger partial charge in [0.15, 0.2) is 0 Å². The van der Waals surface area contributed by atoms with Gasteiger partial charge in [0, 0.05) is 38.4 Å². The molecular formula is C52H34N4. The first kappa shape index (κ1) is 31.9. The van der Waals surface area contributed by atoms with Gasteiger partial charge >= 0.3 is 0 Å². The first-order valence-electron chi connectivity index (χ1n) is 19.0. The fourth-order valence-electron chi connectivity index (χ4n) is 8.31. The van der Waals surface area contributed by atoms with Crippen molar-refractivity contribution >= 4 is 43.6 Å². The summed E-state index contributed by atoms with van der Waals surface area (Å²) in [7, 11) is 0. The molecule has 56 heavy (non-hydrogen) atoms. The van der Waals surface area contributed by atoms with Crippen LogP contribution in [0, 0.1) is 0 Å². The molecule has 11 rings (SSSR count). The predicted octanol–water partition coefficient (Wildman–Crippen LogP) is 13.3. The van der Waals surface area contributed by atoms with Crippen LogP contribution in [0.25, 0.3) is 100 Å². The molecule has 0 radical (unpaired) electrons. The zero-order chi connectivity index (χ0) is 37.0. The molecule has 4 heteroatoms. The molecule has 0 N–H and O–H groups in total. The smallest absolute Gasteiger partial charge is 0.235 e. The third-order valence-electron chi connectivity index (χ3n) is 11.0. The topological polar surface area (TPSA) is 35.6 Å². The molecule has 0 atom stereocenters. The summed E-state index contributed by atoms with van der Waals surface area (Å²) in [4.78, 5) is 10.9. The van der Waals surface area contributed by atoms with Crippen molar-refractivity contribution in [2.75, 3.05) is 0 Å². The molecule has 0 aliphatic carbocycles. The maximum Gasteiger partial charge on any atom is 0.235 e. The van der Waals surface area contributed by atoms with Crippen molar-refractivity contribution in [3.8, 4) is 56.4 Å². The van der Waals surface area contributed by atoms with Crippen LogP contribution in [0.15, 0.2) is 206 Å². The highest BCUT2D eigenvalue weighted by Crippen LogP contribution is 2.42. The lowest BCUT2D eigenvalue weighted by Gasteiger charge is -2.14. The van der Waals surface area contributed by atoms with Crippen LogP contribution in [0.4, 0.5) is 0 Å². The lowest BCUT2D eigenvalue weighted by molar-refractivity contribution is 0.995. The minimum atomic E-state index is 0.625. The minimum Gasteiger partial charge on any atom is -0.307 e. The highest BCUT2D eigenvalue weighted by atomic mass is 15.2. The number of para-hydroxylation sites is 3. The maximum absolute atomic E-state index is 5.45. The van der Waals surface area contributed by atoms with Crippen LogP contribution >= 0.6 is 0 Å². The van der Waals surface area contributed by atoms with E-state index in [4.69, 9.17) is 9.97 Å². The van der Waals surface area contributed by atoms with Crippen LogP contribution in [0.1, 0.15) is 0 Å². The van der Waals surface area contributed by atoms with E-state index >= 15 is 0 Å². The van der Waals surface area contributed by atoms with Crippen LogP contribution in [0.5, 0.6) is 0 Å². The molecule has 0 fully saturated rings. The van der Waals surface area contributed by atoms with Gasteiger partial charge in [0.1, 0.15) is 0 Å². The summed E-state index contributed by atoms with van der Waals surface area (Å²) in [6.07, 6.45) is 0. The number of rotatable bonds is 6. The van der Waals surface area contributed by atoms with Crippen LogP contribution < -0.4 is 0 Å². The van der Waals surface area contributed by atoms with Gasteiger partial charge in [-0.25, -0.2) is 9.97 Å². The van der Waals surface area contributed by atoms with E-state index < -0.39 is 0 Å². The Kier molecular flexibility index (Phi) is 7.46. The quantitative estimate of drug-likeness (QED) is 0.172. The van der Waals surface area contributed by atoms with Crippen molar-refractivity contribution in [3.05, 3.63) is 206 Å². The Bertz CT molecular complexity index is 3100. The molecule has 0 bridgehead atoms.